The lowest BCUT2D eigenvalue weighted by Crippen LogP contribution is -2.48. The summed E-state index contributed by atoms with van der Waals surface area (Å²) in [4.78, 5) is 32.4. The van der Waals surface area contributed by atoms with Crippen LogP contribution in [0.4, 0.5) is 0 Å². The fourth-order valence-corrected chi connectivity index (χ4v) is 7.31. The third kappa shape index (κ3) is 3.50. The Morgan fingerprint density at radius 1 is 0.778 bits per heavy atom. The molecule has 5 aromatic rings. The van der Waals surface area contributed by atoms with Crippen molar-refractivity contribution in [1.82, 2.24) is 9.97 Å². The first kappa shape index (κ1) is 23.8. The molecule has 6 nitrogen and oxygen atoms in total. The van der Waals surface area contributed by atoms with Crippen molar-refractivity contribution in [3.05, 3.63) is 102 Å². The lowest BCUT2D eigenvalue weighted by molar-refractivity contribution is -0.138. The van der Waals surface area contributed by atoms with Gasteiger partial charge in [0.15, 0.2) is 20.4 Å². The van der Waals surface area contributed by atoms with Crippen LogP contribution in [-0.4, -0.2) is 30.0 Å². The number of aromatic nitrogens is 2. The number of carbonyl (C=O) groups excluding carboxylic acids is 2. The van der Waals surface area contributed by atoms with Crippen LogP contribution in [0, 0.1) is 12.8 Å². The minimum atomic E-state index is -4.29. The molecule has 0 saturated carbocycles. The Labute approximate surface area is 209 Å². The molecule has 7 heteroatoms. The van der Waals surface area contributed by atoms with Crippen molar-refractivity contribution in [2.75, 3.05) is 0 Å². The number of sulfone groups is 1. The Balaban J connectivity index is 1.95. The Bertz CT molecular complexity index is 1590. The number of hydrogen-bond acceptors (Lipinski definition) is 4. The molecule has 0 radical (unpaired) electrons. The number of carbonyl (C=O) groups is 2. The van der Waals surface area contributed by atoms with Crippen LogP contribution in [0.1, 0.15) is 30.8 Å². The molecule has 0 aliphatic heterocycles. The zero-order valence-corrected chi connectivity index (χ0v) is 21.0. The van der Waals surface area contributed by atoms with Gasteiger partial charge in [-0.15, -0.1) is 0 Å². The zero-order valence-electron chi connectivity index (χ0n) is 20.2. The lowest BCUT2D eigenvalue weighted by atomic mass is 9.82. The normalized spacial score (nSPS) is 13.2. The van der Waals surface area contributed by atoms with Crippen molar-refractivity contribution in [1.29, 1.82) is 0 Å². The van der Waals surface area contributed by atoms with E-state index >= 15 is 0 Å². The largest absolute Gasteiger partial charge is 0.357 e. The molecule has 0 aliphatic carbocycles. The van der Waals surface area contributed by atoms with Gasteiger partial charge in [-0.25, -0.2) is 8.42 Å². The summed E-state index contributed by atoms with van der Waals surface area (Å²) in [6.07, 6.45) is 0. The number of aromatic amines is 2. The average molecular weight is 499 g/mol. The van der Waals surface area contributed by atoms with Crippen molar-refractivity contribution in [2.45, 2.75) is 30.4 Å². The summed E-state index contributed by atoms with van der Waals surface area (Å²) in [6.45, 7) is 4.58. The molecular formula is C29H26N2O4S. The molecule has 0 amide bonds. The summed E-state index contributed by atoms with van der Waals surface area (Å²) >= 11 is 0. The van der Waals surface area contributed by atoms with Gasteiger partial charge in [0.05, 0.1) is 10.8 Å². The van der Waals surface area contributed by atoms with Crippen LogP contribution in [0.25, 0.3) is 21.8 Å². The maximum Gasteiger partial charge on any atom is 0.203 e. The number of benzene rings is 3. The van der Waals surface area contributed by atoms with Crippen LogP contribution in [0.5, 0.6) is 0 Å². The van der Waals surface area contributed by atoms with E-state index in [1.165, 1.54) is 13.8 Å². The molecule has 2 aromatic heterocycles. The molecule has 0 spiro atoms. The molecule has 5 rings (SSSR count). The second-order valence-corrected chi connectivity index (χ2v) is 11.4. The number of aryl methyl sites for hydroxylation is 1. The molecule has 0 aliphatic rings. The zero-order chi connectivity index (χ0) is 25.7. The third-order valence-corrected chi connectivity index (χ3v) is 9.50. The molecule has 1 atom stereocenters. The van der Waals surface area contributed by atoms with E-state index in [0.29, 0.717) is 11.4 Å². The van der Waals surface area contributed by atoms with Crippen molar-refractivity contribution < 1.29 is 18.0 Å². The van der Waals surface area contributed by atoms with Gasteiger partial charge in [0.1, 0.15) is 0 Å². The van der Waals surface area contributed by atoms with Crippen molar-refractivity contribution in [3.8, 4) is 0 Å². The fourth-order valence-electron chi connectivity index (χ4n) is 5.07. The number of rotatable bonds is 7. The highest BCUT2D eigenvalue weighted by molar-refractivity contribution is 7.92. The van der Waals surface area contributed by atoms with E-state index in [2.05, 4.69) is 9.97 Å². The number of para-hydroxylation sites is 2. The van der Waals surface area contributed by atoms with E-state index in [0.717, 1.165) is 27.4 Å². The highest BCUT2D eigenvalue weighted by atomic mass is 32.2. The number of nitrogens with one attached hydrogen (secondary N) is 2. The van der Waals surface area contributed by atoms with Crippen molar-refractivity contribution in [3.63, 3.8) is 0 Å². The topological polar surface area (TPSA) is 99.9 Å². The summed E-state index contributed by atoms with van der Waals surface area (Å²) in [6, 6.07) is 25.0. The molecule has 0 bridgehead atoms. The number of hydrogen-bond donors (Lipinski definition) is 2. The minimum Gasteiger partial charge on any atom is -0.357 e. The van der Waals surface area contributed by atoms with Gasteiger partial charge < -0.3 is 9.97 Å². The molecule has 3 aromatic carbocycles. The van der Waals surface area contributed by atoms with E-state index in [1.54, 1.807) is 36.4 Å². The highest BCUT2D eigenvalue weighted by Gasteiger charge is 2.57. The van der Waals surface area contributed by atoms with Crippen LogP contribution >= 0.6 is 0 Å². The van der Waals surface area contributed by atoms with Crippen LogP contribution in [0.2, 0.25) is 0 Å². The Morgan fingerprint density at radius 3 is 1.69 bits per heavy atom. The molecule has 1 unspecified atom stereocenters. The van der Waals surface area contributed by atoms with Crippen LogP contribution in [0.15, 0.2) is 89.8 Å². The number of ketones is 2. The van der Waals surface area contributed by atoms with Gasteiger partial charge in [0, 0.05) is 29.3 Å². The molecular weight excluding hydrogens is 472 g/mol. The average Bonchev–Trinajstić information content (AvgIpc) is 3.48. The van der Waals surface area contributed by atoms with E-state index < -0.39 is 32.1 Å². The SMILES string of the molecule is CC(=O)C(=O)C(C)C(c1cc2ccccc2[nH]1)(c1cc2ccccc2[nH]1)S(=O)(=O)c1ccc(C)cc1. The van der Waals surface area contributed by atoms with Gasteiger partial charge in [-0.05, 0) is 54.1 Å². The first-order valence-corrected chi connectivity index (χ1v) is 13.2. The highest BCUT2D eigenvalue weighted by Crippen LogP contribution is 2.48. The van der Waals surface area contributed by atoms with E-state index in [1.807, 2.05) is 55.5 Å². The second kappa shape index (κ2) is 8.60. The maximum atomic E-state index is 14.8. The third-order valence-electron chi connectivity index (χ3n) is 6.97. The summed E-state index contributed by atoms with van der Waals surface area (Å²) in [5.74, 6) is -2.69. The smallest absolute Gasteiger partial charge is 0.203 e. The Kier molecular flexibility index (Phi) is 5.68. The van der Waals surface area contributed by atoms with Crippen LogP contribution < -0.4 is 0 Å². The maximum absolute atomic E-state index is 14.8. The van der Waals surface area contributed by atoms with E-state index in [-0.39, 0.29) is 4.90 Å². The predicted molar refractivity (Wildman–Crippen MR) is 141 cm³/mol. The van der Waals surface area contributed by atoms with Gasteiger partial charge in [-0.1, -0.05) is 61.0 Å². The summed E-state index contributed by atoms with van der Waals surface area (Å²) in [7, 11) is -4.29. The first-order valence-electron chi connectivity index (χ1n) is 11.7. The van der Waals surface area contributed by atoms with Gasteiger partial charge in [-0.3, -0.25) is 9.59 Å². The number of Topliss-reactive ketones (excluding diaryl/α,β-unsaturated/α-hetero) is 2. The van der Waals surface area contributed by atoms with E-state index in [9.17, 15) is 18.0 Å². The minimum absolute atomic E-state index is 0.0635. The molecule has 182 valence electrons. The van der Waals surface area contributed by atoms with Gasteiger partial charge >= 0.3 is 0 Å². The van der Waals surface area contributed by atoms with Gasteiger partial charge in [-0.2, -0.15) is 0 Å². The molecule has 0 fully saturated rings. The second-order valence-electron chi connectivity index (χ2n) is 9.23. The standard InChI is InChI=1S/C29H26N2O4S/c1-18-12-14-23(15-13-18)36(34,35)29(19(2)28(33)20(3)32,26-16-21-8-4-6-10-24(21)30-26)27-17-22-9-5-7-11-25(22)31-27/h4-17,19,30-31H,1-3H3. The predicted octanol–water partition coefficient (Wildman–Crippen LogP) is 5.47. The van der Waals surface area contributed by atoms with Gasteiger partial charge in [0.2, 0.25) is 5.78 Å². The van der Waals surface area contributed by atoms with Crippen LogP contribution in [-0.2, 0) is 24.2 Å². The van der Waals surface area contributed by atoms with Crippen LogP contribution in [0.3, 0.4) is 0 Å². The summed E-state index contributed by atoms with van der Waals surface area (Å²) in [5.41, 5.74) is 3.00. The lowest BCUT2D eigenvalue weighted by Gasteiger charge is -2.36. The van der Waals surface area contributed by atoms with Gasteiger partial charge in [0.25, 0.3) is 0 Å². The van der Waals surface area contributed by atoms with Crippen molar-refractivity contribution >= 4 is 43.2 Å². The number of H-pyrrole nitrogens is 2. The monoisotopic (exact) mass is 498 g/mol. The van der Waals surface area contributed by atoms with Crippen molar-refractivity contribution in [2.24, 2.45) is 5.92 Å². The summed E-state index contributed by atoms with van der Waals surface area (Å²) in [5, 5.41) is 1.60. The quantitative estimate of drug-likeness (QED) is 0.291. The Hall–Kier alpha value is -3.97. The van der Waals surface area contributed by atoms with E-state index in [4.69, 9.17) is 0 Å². The Morgan fingerprint density at radius 2 is 1.25 bits per heavy atom. The molecule has 0 saturated heterocycles. The molecule has 36 heavy (non-hydrogen) atoms. The summed E-state index contributed by atoms with van der Waals surface area (Å²) < 4.78 is 27.6. The molecule has 2 N–H and O–H groups in total. The molecule has 2 heterocycles. The first-order chi connectivity index (χ1) is 17.2. The fraction of sp³-hybridized carbons (Fsp3) is 0.172. The number of fused-ring (bicyclic) bond motifs is 2.